The number of hydrogen-bond donors (Lipinski definition) is 1. The Morgan fingerprint density at radius 1 is 1.14 bits per heavy atom. The molecule has 5 rings (SSSR count). The van der Waals surface area contributed by atoms with Crippen molar-refractivity contribution in [3.63, 3.8) is 0 Å². The first-order valence-electron chi connectivity index (χ1n) is 12.1. The van der Waals surface area contributed by atoms with E-state index in [4.69, 9.17) is 0 Å². The van der Waals surface area contributed by atoms with Crippen molar-refractivity contribution >= 4 is 33.0 Å². The lowest BCUT2D eigenvalue weighted by atomic mass is 9.71. The second kappa shape index (κ2) is 9.19. The topological polar surface area (TPSA) is 123 Å². The lowest BCUT2D eigenvalue weighted by Crippen LogP contribution is -2.39. The maximum Gasteiger partial charge on any atom is 0.229 e. The number of imidazole rings is 1. The Kier molecular flexibility index (Phi) is 6.15. The number of pyridine rings is 1. The van der Waals surface area contributed by atoms with Gasteiger partial charge >= 0.3 is 0 Å². The van der Waals surface area contributed by atoms with Gasteiger partial charge in [-0.3, -0.25) is 14.6 Å². The zero-order valence-electron chi connectivity index (χ0n) is 20.9. The molecule has 0 spiro atoms. The molecular weight excluding hydrogens is 490 g/mol. The molecule has 1 aliphatic carbocycles. The number of benzene rings is 1. The monoisotopic (exact) mass is 517 g/mol. The zero-order chi connectivity index (χ0) is 26.4. The van der Waals surface area contributed by atoms with E-state index in [-0.39, 0.29) is 28.8 Å². The number of carbonyl (C=O) groups is 2. The highest BCUT2D eigenvalue weighted by Gasteiger charge is 2.43. The first kappa shape index (κ1) is 24.8. The summed E-state index contributed by atoms with van der Waals surface area (Å²) in [5, 5.41) is 2.79. The molecule has 10 heteroatoms. The zero-order valence-corrected chi connectivity index (χ0v) is 21.7. The maximum absolute atomic E-state index is 13.6. The van der Waals surface area contributed by atoms with Crippen molar-refractivity contribution < 1.29 is 18.0 Å². The van der Waals surface area contributed by atoms with Crippen LogP contribution in [0.1, 0.15) is 53.3 Å². The van der Waals surface area contributed by atoms with Crippen LogP contribution in [-0.2, 0) is 32.9 Å². The summed E-state index contributed by atoms with van der Waals surface area (Å²) >= 11 is 0. The summed E-state index contributed by atoms with van der Waals surface area (Å²) in [5.74, 6) is 0.0429. The van der Waals surface area contributed by atoms with Gasteiger partial charge in [0.25, 0.3) is 0 Å². The molecule has 0 aliphatic heterocycles. The van der Waals surface area contributed by atoms with E-state index in [0.717, 1.165) is 5.69 Å². The number of aryl methyl sites for hydroxylation is 2. The molecule has 0 fully saturated rings. The number of amides is 1. The molecule has 1 amide bonds. The summed E-state index contributed by atoms with van der Waals surface area (Å²) in [4.78, 5) is 40.1. The fourth-order valence-electron chi connectivity index (χ4n) is 4.76. The number of aromatic nitrogens is 4. The number of nitrogens with one attached hydrogen (secondary N) is 1. The fraction of sp³-hybridized carbons (Fsp3) is 0.296. The van der Waals surface area contributed by atoms with Gasteiger partial charge in [-0.1, -0.05) is 19.1 Å². The molecular formula is C27H27N5O4S. The lowest BCUT2D eigenvalue weighted by molar-refractivity contribution is -0.115. The van der Waals surface area contributed by atoms with Crippen LogP contribution in [0.2, 0.25) is 0 Å². The van der Waals surface area contributed by atoms with Gasteiger partial charge in [-0.25, -0.2) is 18.4 Å². The first-order valence-corrected chi connectivity index (χ1v) is 13.7. The van der Waals surface area contributed by atoms with E-state index in [1.165, 1.54) is 12.1 Å². The molecule has 4 aromatic rings. The summed E-state index contributed by atoms with van der Waals surface area (Å²) in [5.41, 5.74) is 3.30. The molecule has 0 saturated heterocycles. The Bertz CT molecular complexity index is 1640. The molecule has 3 heterocycles. The van der Waals surface area contributed by atoms with Gasteiger partial charge in [0.05, 0.1) is 33.9 Å². The number of carbonyl (C=O) groups excluding carboxylic acids is 2. The molecule has 190 valence electrons. The minimum absolute atomic E-state index is 0.0215. The van der Waals surface area contributed by atoms with Gasteiger partial charge in [-0.05, 0) is 56.5 Å². The molecule has 0 radical (unpaired) electrons. The van der Waals surface area contributed by atoms with Crippen LogP contribution in [-0.4, -0.2) is 45.2 Å². The van der Waals surface area contributed by atoms with E-state index in [2.05, 4.69) is 20.3 Å². The highest BCUT2D eigenvalue weighted by molar-refractivity contribution is 7.91. The van der Waals surface area contributed by atoms with Crippen LogP contribution in [0.25, 0.3) is 5.65 Å². The second-order valence-corrected chi connectivity index (χ2v) is 11.8. The Balaban J connectivity index is 1.33. The van der Waals surface area contributed by atoms with E-state index in [9.17, 15) is 18.0 Å². The van der Waals surface area contributed by atoms with Gasteiger partial charge in [-0.2, -0.15) is 0 Å². The molecule has 1 aromatic carbocycles. The van der Waals surface area contributed by atoms with Crippen LogP contribution in [0.5, 0.6) is 0 Å². The normalized spacial score (nSPS) is 17.5. The molecule has 0 bridgehead atoms. The van der Waals surface area contributed by atoms with Crippen LogP contribution in [0.4, 0.5) is 5.82 Å². The van der Waals surface area contributed by atoms with Crippen molar-refractivity contribution in [3.05, 3.63) is 83.2 Å². The van der Waals surface area contributed by atoms with E-state index in [1.807, 2.05) is 24.4 Å². The molecule has 1 unspecified atom stereocenters. The average molecular weight is 518 g/mol. The third kappa shape index (κ3) is 4.42. The fourth-order valence-corrected chi connectivity index (χ4v) is 5.64. The summed E-state index contributed by atoms with van der Waals surface area (Å²) in [7, 11) is -3.29. The van der Waals surface area contributed by atoms with Crippen molar-refractivity contribution in [2.24, 2.45) is 0 Å². The minimum atomic E-state index is -3.29. The number of anilines is 1. The third-order valence-electron chi connectivity index (χ3n) is 7.01. The van der Waals surface area contributed by atoms with Crippen LogP contribution in [0.3, 0.4) is 0 Å². The standard InChI is InChI=1S/C27H27N5O4S/c1-4-37(35,36)19-7-5-18(6-8-19)15-23(33)31-22-10-9-20-21(30-22)11-12-27(3,25(20)34)24-26-29-16-17(2)32(26)14-13-28-24/h5-10,13-14,16H,4,11-12,15H2,1-3H3,(H,30,31,33). The molecule has 37 heavy (non-hydrogen) atoms. The van der Waals surface area contributed by atoms with Gasteiger partial charge in [0.2, 0.25) is 5.91 Å². The highest BCUT2D eigenvalue weighted by atomic mass is 32.2. The van der Waals surface area contributed by atoms with Crippen molar-refractivity contribution in [3.8, 4) is 0 Å². The second-order valence-electron chi connectivity index (χ2n) is 9.49. The SMILES string of the molecule is CCS(=O)(=O)c1ccc(CC(=O)Nc2ccc3c(n2)CCC(C)(c2nccn4c(C)cnc24)C3=O)cc1. The van der Waals surface area contributed by atoms with Crippen LogP contribution in [0, 0.1) is 6.92 Å². The number of rotatable bonds is 6. The Hall–Kier alpha value is -3.92. The quantitative estimate of drug-likeness (QED) is 0.415. The van der Waals surface area contributed by atoms with Crippen LogP contribution < -0.4 is 5.32 Å². The summed E-state index contributed by atoms with van der Waals surface area (Å²) in [6, 6.07) is 9.64. The molecule has 0 saturated carbocycles. The first-order chi connectivity index (χ1) is 17.6. The van der Waals surface area contributed by atoms with E-state index < -0.39 is 15.3 Å². The molecule has 3 aromatic heterocycles. The molecule has 1 atom stereocenters. The Morgan fingerprint density at radius 3 is 2.62 bits per heavy atom. The van der Waals surface area contributed by atoms with E-state index in [0.29, 0.717) is 46.8 Å². The Labute approximate surface area is 214 Å². The maximum atomic E-state index is 13.6. The average Bonchev–Trinajstić information content (AvgIpc) is 3.27. The van der Waals surface area contributed by atoms with Gasteiger partial charge in [0, 0.05) is 29.8 Å². The predicted octanol–water partition coefficient (Wildman–Crippen LogP) is 3.49. The Morgan fingerprint density at radius 2 is 1.89 bits per heavy atom. The van der Waals surface area contributed by atoms with Crippen molar-refractivity contribution in [2.45, 2.75) is 50.3 Å². The van der Waals surface area contributed by atoms with Gasteiger partial charge in [-0.15, -0.1) is 0 Å². The van der Waals surface area contributed by atoms with Crippen molar-refractivity contribution in [1.29, 1.82) is 0 Å². The number of sulfone groups is 1. The number of Topliss-reactive ketones (excluding diaryl/α,β-unsaturated/α-hetero) is 1. The third-order valence-corrected chi connectivity index (χ3v) is 8.76. The van der Waals surface area contributed by atoms with Crippen LogP contribution in [0.15, 0.2) is 59.9 Å². The van der Waals surface area contributed by atoms with Gasteiger partial charge in [0.1, 0.15) is 5.82 Å². The summed E-state index contributed by atoms with van der Waals surface area (Å²) < 4.78 is 25.9. The van der Waals surface area contributed by atoms with Crippen LogP contribution >= 0.6 is 0 Å². The van der Waals surface area contributed by atoms with E-state index >= 15 is 0 Å². The largest absolute Gasteiger partial charge is 0.310 e. The predicted molar refractivity (Wildman–Crippen MR) is 138 cm³/mol. The van der Waals surface area contributed by atoms with E-state index in [1.54, 1.807) is 43.6 Å². The smallest absolute Gasteiger partial charge is 0.229 e. The highest BCUT2D eigenvalue weighted by Crippen LogP contribution is 2.38. The minimum Gasteiger partial charge on any atom is -0.310 e. The number of hydrogen-bond acceptors (Lipinski definition) is 7. The summed E-state index contributed by atoms with van der Waals surface area (Å²) in [6.45, 7) is 5.45. The molecule has 1 aliphatic rings. The number of fused-ring (bicyclic) bond motifs is 2. The molecule has 9 nitrogen and oxygen atoms in total. The number of ketones is 1. The molecule has 1 N–H and O–H groups in total. The number of nitrogens with zero attached hydrogens (tertiary/aromatic N) is 4. The van der Waals surface area contributed by atoms with Crippen molar-refractivity contribution in [1.82, 2.24) is 19.4 Å². The van der Waals surface area contributed by atoms with Gasteiger partial charge in [0.15, 0.2) is 21.3 Å². The lowest BCUT2D eigenvalue weighted by Gasteiger charge is -2.32. The summed E-state index contributed by atoms with van der Waals surface area (Å²) in [6.07, 6.45) is 6.44. The van der Waals surface area contributed by atoms with Gasteiger partial charge < -0.3 is 9.72 Å². The van der Waals surface area contributed by atoms with Crippen molar-refractivity contribution in [2.75, 3.05) is 11.1 Å².